The Balaban J connectivity index is 1.34. The molecule has 1 saturated heterocycles. The lowest BCUT2D eigenvalue weighted by Gasteiger charge is -2.32. The second-order valence-corrected chi connectivity index (χ2v) is 7.80. The number of nitrogens with one attached hydrogen (secondary N) is 1. The summed E-state index contributed by atoms with van der Waals surface area (Å²) in [4.78, 5) is 31.9. The van der Waals surface area contributed by atoms with Gasteiger partial charge in [0, 0.05) is 25.0 Å². The molecule has 1 aliphatic rings. The van der Waals surface area contributed by atoms with Crippen molar-refractivity contribution in [3.63, 3.8) is 0 Å². The molecule has 1 aromatic carbocycles. The zero-order valence-electron chi connectivity index (χ0n) is 15.8. The maximum atomic E-state index is 12.6. The summed E-state index contributed by atoms with van der Waals surface area (Å²) in [5, 5.41) is 4.69. The third-order valence-corrected chi connectivity index (χ3v) is 5.67. The highest BCUT2D eigenvalue weighted by Crippen LogP contribution is 2.24. The molecular formula is C22H21N3O3S. The highest BCUT2D eigenvalue weighted by Gasteiger charge is 2.28. The Morgan fingerprint density at radius 3 is 2.69 bits per heavy atom. The van der Waals surface area contributed by atoms with Gasteiger partial charge >= 0.3 is 5.97 Å². The molecule has 1 fully saturated rings. The van der Waals surface area contributed by atoms with E-state index in [0.29, 0.717) is 22.9 Å². The van der Waals surface area contributed by atoms with Gasteiger partial charge in [-0.25, -0.2) is 4.98 Å². The summed E-state index contributed by atoms with van der Waals surface area (Å²) in [7, 11) is 0. The van der Waals surface area contributed by atoms with Gasteiger partial charge in [0.25, 0.3) is 5.91 Å². The summed E-state index contributed by atoms with van der Waals surface area (Å²) in [6.45, 7) is 1.49. The molecule has 0 spiro atoms. The average molecular weight is 407 g/mol. The number of ether oxygens (including phenoxy) is 1. The maximum absolute atomic E-state index is 12.6. The van der Waals surface area contributed by atoms with Crippen molar-refractivity contribution >= 4 is 34.7 Å². The predicted octanol–water partition coefficient (Wildman–Crippen LogP) is 4.22. The fourth-order valence-electron chi connectivity index (χ4n) is 3.32. The maximum Gasteiger partial charge on any atom is 0.316 e. The zero-order valence-corrected chi connectivity index (χ0v) is 16.6. The number of benzene rings is 1. The Labute approximate surface area is 173 Å². The molecule has 2 aromatic heterocycles. The summed E-state index contributed by atoms with van der Waals surface area (Å²) >= 11 is 1.39. The smallest absolute Gasteiger partial charge is 0.316 e. The van der Waals surface area contributed by atoms with Crippen LogP contribution in [0.25, 0.3) is 0 Å². The highest BCUT2D eigenvalue weighted by atomic mass is 32.1. The fourth-order valence-corrected chi connectivity index (χ4v) is 3.94. The van der Waals surface area contributed by atoms with Crippen LogP contribution in [0.4, 0.5) is 11.5 Å². The van der Waals surface area contributed by atoms with Crippen molar-refractivity contribution in [3.8, 4) is 5.75 Å². The Morgan fingerprint density at radius 1 is 1.10 bits per heavy atom. The number of carbonyl (C=O) groups excluding carboxylic acids is 2. The standard InChI is InChI=1S/C22H21N3O3S/c26-21(19-6-4-14-29-19)24-17-8-10-18(11-9-17)28-22(27)16-5-3-13-25(15-16)20-7-1-2-12-23-20/h1-2,4,6-12,14,16H,3,5,13,15H2,(H,24,26)/t16-/m0/s1. The van der Waals surface area contributed by atoms with Crippen LogP contribution in [0.15, 0.2) is 66.2 Å². The Hall–Kier alpha value is -3.19. The van der Waals surface area contributed by atoms with Gasteiger partial charge in [-0.3, -0.25) is 9.59 Å². The molecule has 3 aromatic rings. The van der Waals surface area contributed by atoms with E-state index in [1.807, 2.05) is 29.6 Å². The molecule has 4 rings (SSSR count). The number of hydrogen-bond donors (Lipinski definition) is 1. The van der Waals surface area contributed by atoms with E-state index in [1.54, 1.807) is 36.5 Å². The van der Waals surface area contributed by atoms with Crippen molar-refractivity contribution in [2.24, 2.45) is 5.92 Å². The first-order valence-electron chi connectivity index (χ1n) is 9.51. The topological polar surface area (TPSA) is 71.5 Å². The Morgan fingerprint density at radius 2 is 1.97 bits per heavy atom. The summed E-state index contributed by atoms with van der Waals surface area (Å²) in [6.07, 6.45) is 3.48. The van der Waals surface area contributed by atoms with E-state index < -0.39 is 0 Å². The van der Waals surface area contributed by atoms with Gasteiger partial charge in [-0.05, 0) is 60.7 Å². The number of pyridine rings is 1. The van der Waals surface area contributed by atoms with E-state index in [9.17, 15) is 9.59 Å². The number of nitrogens with zero attached hydrogens (tertiary/aromatic N) is 2. The Bertz CT molecular complexity index is 959. The van der Waals surface area contributed by atoms with Crippen molar-refractivity contribution < 1.29 is 14.3 Å². The monoisotopic (exact) mass is 407 g/mol. The normalized spacial score (nSPS) is 16.3. The van der Waals surface area contributed by atoms with Crippen LogP contribution in [0.1, 0.15) is 22.5 Å². The molecule has 3 heterocycles. The van der Waals surface area contributed by atoms with Crippen LogP contribution >= 0.6 is 11.3 Å². The van der Waals surface area contributed by atoms with Gasteiger partial charge in [-0.15, -0.1) is 11.3 Å². The molecule has 148 valence electrons. The van der Waals surface area contributed by atoms with Gasteiger partial charge in [0.05, 0.1) is 10.8 Å². The minimum atomic E-state index is -0.235. The largest absolute Gasteiger partial charge is 0.426 e. The summed E-state index contributed by atoms with van der Waals surface area (Å²) < 4.78 is 5.57. The van der Waals surface area contributed by atoms with Gasteiger partial charge in [-0.1, -0.05) is 12.1 Å². The second-order valence-electron chi connectivity index (χ2n) is 6.85. The van der Waals surface area contributed by atoms with Gasteiger partial charge in [0.1, 0.15) is 11.6 Å². The number of thiophene rings is 1. The quantitative estimate of drug-likeness (QED) is 0.507. The van der Waals surface area contributed by atoms with E-state index in [4.69, 9.17) is 4.74 Å². The lowest BCUT2D eigenvalue weighted by atomic mass is 9.98. The zero-order chi connectivity index (χ0) is 20.1. The summed E-state index contributed by atoms with van der Waals surface area (Å²) in [6, 6.07) is 16.2. The molecule has 29 heavy (non-hydrogen) atoms. The van der Waals surface area contributed by atoms with Crippen molar-refractivity contribution in [1.29, 1.82) is 0 Å². The molecule has 0 aliphatic carbocycles. The first-order chi connectivity index (χ1) is 14.2. The van der Waals surface area contributed by atoms with Crippen LogP contribution in [-0.2, 0) is 4.79 Å². The molecule has 7 heteroatoms. The van der Waals surface area contributed by atoms with Crippen molar-refractivity contribution in [3.05, 3.63) is 71.1 Å². The van der Waals surface area contributed by atoms with Crippen molar-refractivity contribution in [2.45, 2.75) is 12.8 Å². The van der Waals surface area contributed by atoms with Crippen molar-refractivity contribution in [1.82, 2.24) is 4.98 Å². The number of aromatic nitrogens is 1. The second kappa shape index (κ2) is 8.87. The van der Waals surface area contributed by atoms with E-state index in [2.05, 4.69) is 15.2 Å². The number of piperidine rings is 1. The molecule has 1 aliphatic heterocycles. The first kappa shape index (κ1) is 19.1. The number of amides is 1. The van der Waals surface area contributed by atoms with Crippen LogP contribution in [0.2, 0.25) is 0 Å². The molecule has 1 amide bonds. The number of carbonyl (C=O) groups is 2. The van der Waals surface area contributed by atoms with Crippen LogP contribution in [0.3, 0.4) is 0 Å². The predicted molar refractivity (Wildman–Crippen MR) is 114 cm³/mol. The van der Waals surface area contributed by atoms with Gasteiger partial charge in [0.2, 0.25) is 0 Å². The number of rotatable bonds is 5. The molecule has 0 unspecified atom stereocenters. The van der Waals surface area contributed by atoms with E-state index in [1.165, 1.54) is 11.3 Å². The van der Waals surface area contributed by atoms with Crippen LogP contribution in [-0.4, -0.2) is 29.9 Å². The lowest BCUT2D eigenvalue weighted by Crippen LogP contribution is -2.40. The van der Waals surface area contributed by atoms with Crippen LogP contribution in [0.5, 0.6) is 5.75 Å². The fraction of sp³-hybridized carbons (Fsp3) is 0.227. The minimum absolute atomic E-state index is 0.151. The molecule has 1 atom stereocenters. The average Bonchev–Trinajstić information content (AvgIpc) is 3.31. The SMILES string of the molecule is O=C(Nc1ccc(OC(=O)[C@H]2CCCN(c3ccccn3)C2)cc1)c1cccs1. The molecule has 6 nitrogen and oxygen atoms in total. The van der Waals surface area contributed by atoms with Crippen LogP contribution in [0, 0.1) is 5.92 Å². The number of anilines is 2. The van der Waals surface area contributed by atoms with Gasteiger partial charge in [-0.2, -0.15) is 0 Å². The third kappa shape index (κ3) is 4.81. The molecule has 1 N–H and O–H groups in total. The molecular weight excluding hydrogens is 386 g/mol. The third-order valence-electron chi connectivity index (χ3n) is 4.80. The molecule has 0 saturated carbocycles. The lowest BCUT2D eigenvalue weighted by molar-refractivity contribution is -0.139. The molecule has 0 bridgehead atoms. The van der Waals surface area contributed by atoms with Gasteiger partial charge in [0.15, 0.2) is 0 Å². The summed E-state index contributed by atoms with van der Waals surface area (Å²) in [5.74, 6) is 0.779. The highest BCUT2D eigenvalue weighted by molar-refractivity contribution is 7.12. The first-order valence-corrected chi connectivity index (χ1v) is 10.4. The number of hydrogen-bond acceptors (Lipinski definition) is 6. The molecule has 0 radical (unpaired) electrons. The minimum Gasteiger partial charge on any atom is -0.426 e. The van der Waals surface area contributed by atoms with Gasteiger partial charge < -0.3 is 15.0 Å². The Kier molecular flexibility index (Phi) is 5.86. The van der Waals surface area contributed by atoms with Crippen LogP contribution < -0.4 is 15.0 Å². The van der Waals surface area contributed by atoms with E-state index >= 15 is 0 Å². The number of esters is 1. The van der Waals surface area contributed by atoms with E-state index in [0.717, 1.165) is 25.2 Å². The van der Waals surface area contributed by atoms with E-state index in [-0.39, 0.29) is 17.8 Å². The van der Waals surface area contributed by atoms with Crippen molar-refractivity contribution in [2.75, 3.05) is 23.3 Å². The summed E-state index contributed by atoms with van der Waals surface area (Å²) in [5.41, 5.74) is 0.655.